The van der Waals surface area contributed by atoms with Crippen molar-refractivity contribution in [1.29, 1.82) is 0 Å². The lowest BCUT2D eigenvalue weighted by Crippen LogP contribution is -2.41. The third-order valence-corrected chi connectivity index (χ3v) is 10.8. The summed E-state index contributed by atoms with van der Waals surface area (Å²) in [5.74, 6) is 0. The molecule has 174 valence electrons. The molecule has 5 nitrogen and oxygen atoms in total. The molecule has 0 aromatic heterocycles. The Balaban J connectivity index is 4.41. The van der Waals surface area contributed by atoms with Crippen molar-refractivity contribution >= 4 is 14.4 Å². The van der Waals surface area contributed by atoms with Gasteiger partial charge in [-0.25, -0.2) is 4.79 Å². The quantitative estimate of drug-likeness (QED) is 0.234. The summed E-state index contributed by atoms with van der Waals surface area (Å²) in [4.78, 5) is 14.5. The molecule has 0 aliphatic heterocycles. The van der Waals surface area contributed by atoms with Gasteiger partial charge in [0.05, 0.1) is 0 Å². The Labute approximate surface area is 182 Å². The smallest absolute Gasteiger partial charge is 0.407 e. The highest BCUT2D eigenvalue weighted by atomic mass is 28.4. The van der Waals surface area contributed by atoms with Crippen LogP contribution in [0.15, 0.2) is 0 Å². The second-order valence-corrected chi connectivity index (χ2v) is 14.4. The normalized spacial score (nSPS) is 13.6. The molecule has 0 fully saturated rings. The summed E-state index contributed by atoms with van der Waals surface area (Å²) in [6.07, 6.45) is 7.54. The van der Waals surface area contributed by atoms with E-state index in [0.717, 1.165) is 51.9 Å². The van der Waals surface area contributed by atoms with Crippen LogP contribution in [0.25, 0.3) is 0 Å². The molecule has 0 saturated heterocycles. The highest BCUT2D eigenvalue weighted by molar-refractivity contribution is 6.74. The van der Waals surface area contributed by atoms with E-state index in [-0.39, 0.29) is 17.2 Å². The van der Waals surface area contributed by atoms with E-state index in [4.69, 9.17) is 9.16 Å². The van der Waals surface area contributed by atoms with Crippen LogP contribution in [0.5, 0.6) is 0 Å². The molecule has 29 heavy (non-hydrogen) atoms. The Bertz CT molecular complexity index is 421. The molecule has 0 saturated carbocycles. The van der Waals surface area contributed by atoms with E-state index >= 15 is 0 Å². The predicted octanol–water partition coefficient (Wildman–Crippen LogP) is 6.20. The molecule has 0 aliphatic carbocycles. The standard InChI is InChI=1S/C23H50N2O3Si/c1-9-12-13-14-16-21(17-15-19-28-29(7,8)23(4,5)6)24-22(26)27-20-18-25(10-2)11-3/h21H,9-20H2,1-8H3,(H,24,26). The molecule has 0 heterocycles. The number of ether oxygens (including phenoxy) is 1. The third kappa shape index (κ3) is 13.3. The second kappa shape index (κ2) is 15.2. The van der Waals surface area contributed by atoms with Gasteiger partial charge in [-0.15, -0.1) is 0 Å². The van der Waals surface area contributed by atoms with Gasteiger partial charge in [0.25, 0.3) is 0 Å². The first-order valence-electron chi connectivity index (χ1n) is 11.9. The molecule has 1 atom stereocenters. The molecular weight excluding hydrogens is 380 g/mol. The first-order valence-corrected chi connectivity index (χ1v) is 14.8. The molecule has 0 bridgehead atoms. The third-order valence-electron chi connectivity index (χ3n) is 6.23. The number of hydrogen-bond acceptors (Lipinski definition) is 4. The molecular formula is C23H50N2O3Si. The number of carbonyl (C=O) groups is 1. The van der Waals surface area contributed by atoms with Crippen LogP contribution in [0.4, 0.5) is 4.79 Å². The van der Waals surface area contributed by atoms with E-state index in [1.165, 1.54) is 19.3 Å². The maximum atomic E-state index is 12.2. The van der Waals surface area contributed by atoms with Gasteiger partial charge in [0.1, 0.15) is 6.61 Å². The van der Waals surface area contributed by atoms with Gasteiger partial charge in [-0.05, 0) is 50.5 Å². The number of hydrogen-bond donors (Lipinski definition) is 1. The molecule has 6 heteroatoms. The minimum atomic E-state index is -1.70. The van der Waals surface area contributed by atoms with E-state index < -0.39 is 8.32 Å². The predicted molar refractivity (Wildman–Crippen MR) is 127 cm³/mol. The lowest BCUT2D eigenvalue weighted by Gasteiger charge is -2.36. The minimum absolute atomic E-state index is 0.177. The molecule has 1 unspecified atom stereocenters. The molecule has 0 radical (unpaired) electrons. The summed E-state index contributed by atoms with van der Waals surface area (Å²) in [6, 6.07) is 0.177. The van der Waals surface area contributed by atoms with Crippen molar-refractivity contribution < 1.29 is 14.0 Å². The maximum absolute atomic E-state index is 12.2. The second-order valence-electron chi connectivity index (χ2n) is 9.60. The molecule has 0 aliphatic rings. The minimum Gasteiger partial charge on any atom is -0.448 e. The zero-order valence-corrected chi connectivity index (χ0v) is 21.7. The Morgan fingerprint density at radius 2 is 1.59 bits per heavy atom. The molecule has 0 spiro atoms. The van der Waals surface area contributed by atoms with Gasteiger partial charge in [0.15, 0.2) is 8.32 Å². The summed E-state index contributed by atoms with van der Waals surface area (Å²) in [5, 5.41) is 3.34. The Kier molecular flexibility index (Phi) is 14.9. The van der Waals surface area contributed by atoms with Gasteiger partial charge in [0.2, 0.25) is 0 Å². The zero-order valence-electron chi connectivity index (χ0n) is 20.7. The fourth-order valence-electron chi connectivity index (χ4n) is 3.00. The van der Waals surface area contributed by atoms with Crippen molar-refractivity contribution in [3.63, 3.8) is 0 Å². The molecule has 1 amide bonds. The van der Waals surface area contributed by atoms with Crippen molar-refractivity contribution in [1.82, 2.24) is 10.2 Å². The van der Waals surface area contributed by atoms with E-state index in [0.29, 0.717) is 6.61 Å². The van der Waals surface area contributed by atoms with Crippen LogP contribution in [-0.2, 0) is 9.16 Å². The van der Waals surface area contributed by atoms with Crippen LogP contribution >= 0.6 is 0 Å². The number of nitrogens with zero attached hydrogens (tertiary/aromatic N) is 1. The highest BCUT2D eigenvalue weighted by Gasteiger charge is 2.36. The first kappa shape index (κ1) is 28.4. The van der Waals surface area contributed by atoms with Crippen molar-refractivity contribution in [3.05, 3.63) is 0 Å². The van der Waals surface area contributed by atoms with Gasteiger partial charge in [-0.3, -0.25) is 0 Å². The number of unbranched alkanes of at least 4 members (excludes halogenated alkanes) is 3. The van der Waals surface area contributed by atoms with Crippen LogP contribution < -0.4 is 5.32 Å². The number of nitrogens with one attached hydrogen (secondary N) is 1. The van der Waals surface area contributed by atoms with Crippen molar-refractivity contribution in [2.24, 2.45) is 0 Å². The Morgan fingerprint density at radius 3 is 2.14 bits per heavy atom. The lowest BCUT2D eigenvalue weighted by atomic mass is 10.0. The van der Waals surface area contributed by atoms with Gasteiger partial charge in [-0.1, -0.05) is 67.2 Å². The average molecular weight is 431 g/mol. The summed E-state index contributed by atoms with van der Waals surface area (Å²) >= 11 is 0. The number of alkyl carbamates (subject to hydrolysis) is 1. The van der Waals surface area contributed by atoms with Crippen LogP contribution in [0.1, 0.15) is 86.5 Å². The summed E-state index contributed by atoms with van der Waals surface area (Å²) in [7, 11) is -1.70. The summed E-state index contributed by atoms with van der Waals surface area (Å²) < 4.78 is 11.7. The first-order chi connectivity index (χ1) is 13.6. The highest BCUT2D eigenvalue weighted by Crippen LogP contribution is 2.36. The van der Waals surface area contributed by atoms with Crippen LogP contribution in [0, 0.1) is 0 Å². The Hall–Kier alpha value is -0.593. The fraction of sp³-hybridized carbons (Fsp3) is 0.957. The number of likely N-dealkylation sites (N-methyl/N-ethyl adjacent to an activating group) is 1. The SMILES string of the molecule is CCCCCCC(CCCO[Si](C)(C)C(C)(C)C)NC(=O)OCCN(CC)CC. The molecule has 0 rings (SSSR count). The average Bonchev–Trinajstić information content (AvgIpc) is 2.64. The van der Waals surface area contributed by atoms with Gasteiger partial charge < -0.3 is 19.4 Å². The Morgan fingerprint density at radius 1 is 0.966 bits per heavy atom. The van der Waals surface area contributed by atoms with E-state index in [1.807, 2.05) is 0 Å². The van der Waals surface area contributed by atoms with Crippen molar-refractivity contribution in [2.75, 3.05) is 32.8 Å². The lowest BCUT2D eigenvalue weighted by molar-refractivity contribution is 0.124. The van der Waals surface area contributed by atoms with Crippen LogP contribution in [0.3, 0.4) is 0 Å². The monoisotopic (exact) mass is 430 g/mol. The molecule has 0 aromatic rings. The largest absolute Gasteiger partial charge is 0.448 e. The van der Waals surface area contributed by atoms with E-state index in [1.54, 1.807) is 0 Å². The van der Waals surface area contributed by atoms with Crippen LogP contribution in [0.2, 0.25) is 18.1 Å². The molecule has 1 N–H and O–H groups in total. The zero-order chi connectivity index (χ0) is 22.3. The number of amides is 1. The maximum Gasteiger partial charge on any atom is 0.407 e. The van der Waals surface area contributed by atoms with Gasteiger partial charge in [0, 0.05) is 19.2 Å². The summed E-state index contributed by atoms with van der Waals surface area (Å²) in [5.41, 5.74) is 0. The van der Waals surface area contributed by atoms with Gasteiger partial charge >= 0.3 is 6.09 Å². The number of carbonyl (C=O) groups excluding carboxylic acids is 1. The van der Waals surface area contributed by atoms with Gasteiger partial charge in [-0.2, -0.15) is 0 Å². The topological polar surface area (TPSA) is 50.8 Å². The van der Waals surface area contributed by atoms with Crippen molar-refractivity contribution in [3.8, 4) is 0 Å². The summed E-state index contributed by atoms with van der Waals surface area (Å²) in [6.45, 7) is 21.9. The van der Waals surface area contributed by atoms with Crippen molar-refractivity contribution in [2.45, 2.75) is 111 Å². The van der Waals surface area contributed by atoms with E-state index in [2.05, 4.69) is 64.9 Å². The molecule has 0 aromatic carbocycles. The number of rotatable bonds is 16. The van der Waals surface area contributed by atoms with Crippen LogP contribution in [-0.4, -0.2) is 58.2 Å². The fourth-order valence-corrected chi connectivity index (χ4v) is 4.08. The van der Waals surface area contributed by atoms with E-state index in [9.17, 15) is 4.79 Å².